The molecule has 2 nitrogen and oxygen atoms in total. The maximum Gasteiger partial charge on any atom is 0.0504 e. The fourth-order valence-electron chi connectivity index (χ4n) is 2.41. The van der Waals surface area contributed by atoms with E-state index >= 15 is 0 Å². The van der Waals surface area contributed by atoms with Gasteiger partial charge in [-0.05, 0) is 25.3 Å². The van der Waals surface area contributed by atoms with Gasteiger partial charge in [-0.2, -0.15) is 0 Å². The van der Waals surface area contributed by atoms with E-state index in [4.69, 9.17) is 0 Å². The fraction of sp³-hybridized carbons (Fsp3) is 1.00. The Hall–Kier alpha value is 0.110. The zero-order chi connectivity index (χ0) is 12.1. The maximum absolute atomic E-state index is 12.5. The summed E-state index contributed by atoms with van der Waals surface area (Å²) in [5.41, 5.74) is 0. The van der Waals surface area contributed by atoms with Gasteiger partial charge in [0.1, 0.15) is 0 Å². The molecule has 4 unspecified atom stereocenters. The first-order chi connectivity index (χ1) is 7.57. The second kappa shape index (κ2) is 6.75. The zero-order valence-electron chi connectivity index (χ0n) is 11.2. The lowest BCUT2D eigenvalue weighted by Crippen LogP contribution is -2.46. The minimum absolute atomic E-state index is 0.323. The molecule has 16 heavy (non-hydrogen) atoms. The van der Waals surface area contributed by atoms with Gasteiger partial charge in [0.25, 0.3) is 0 Å². The molecule has 3 heteroatoms. The molecule has 0 aromatic heterocycles. The van der Waals surface area contributed by atoms with Crippen molar-refractivity contribution in [2.45, 2.75) is 69.9 Å². The van der Waals surface area contributed by atoms with Crippen LogP contribution in [0.1, 0.15) is 53.4 Å². The van der Waals surface area contributed by atoms with E-state index in [0.29, 0.717) is 22.5 Å². The number of hydrogen-bond acceptors (Lipinski definition) is 2. The van der Waals surface area contributed by atoms with E-state index in [9.17, 15) is 4.21 Å². The highest BCUT2D eigenvalue weighted by atomic mass is 32.2. The van der Waals surface area contributed by atoms with Crippen molar-refractivity contribution in [2.24, 2.45) is 5.92 Å². The van der Waals surface area contributed by atoms with Crippen LogP contribution in [0.15, 0.2) is 0 Å². The maximum atomic E-state index is 12.5. The number of rotatable bonds is 5. The van der Waals surface area contributed by atoms with Crippen LogP contribution in [-0.2, 0) is 10.8 Å². The summed E-state index contributed by atoms with van der Waals surface area (Å²) in [4.78, 5) is 0. The van der Waals surface area contributed by atoms with E-state index in [2.05, 4.69) is 33.0 Å². The molecule has 0 heterocycles. The van der Waals surface area contributed by atoms with Crippen molar-refractivity contribution in [3.63, 3.8) is 0 Å². The fourth-order valence-corrected chi connectivity index (χ4v) is 4.46. The van der Waals surface area contributed by atoms with E-state index in [1.807, 2.05) is 0 Å². The second-order valence-corrected chi connectivity index (χ2v) is 7.27. The number of nitrogens with one attached hydrogen (secondary N) is 1. The summed E-state index contributed by atoms with van der Waals surface area (Å²) in [6, 6.07) is 0.487. The molecule has 1 aliphatic rings. The molecule has 96 valence electrons. The highest BCUT2D eigenvalue weighted by Crippen LogP contribution is 2.26. The van der Waals surface area contributed by atoms with Crippen LogP contribution in [0.25, 0.3) is 0 Å². The predicted molar refractivity (Wildman–Crippen MR) is 72.2 cm³/mol. The third kappa shape index (κ3) is 3.56. The van der Waals surface area contributed by atoms with E-state index < -0.39 is 10.8 Å². The van der Waals surface area contributed by atoms with Gasteiger partial charge < -0.3 is 5.32 Å². The molecule has 0 saturated heterocycles. The zero-order valence-corrected chi connectivity index (χ0v) is 12.0. The molecular weight excluding hydrogens is 218 g/mol. The summed E-state index contributed by atoms with van der Waals surface area (Å²) in [6.45, 7) is 9.62. The molecule has 0 aromatic carbocycles. The molecule has 0 aliphatic heterocycles. The SMILES string of the molecule is CCNC1CCCCC1S(=O)C(C)C(C)C. The molecule has 1 aliphatic carbocycles. The van der Waals surface area contributed by atoms with Crippen LogP contribution in [0, 0.1) is 5.92 Å². The Morgan fingerprint density at radius 3 is 2.44 bits per heavy atom. The highest BCUT2D eigenvalue weighted by molar-refractivity contribution is 7.86. The van der Waals surface area contributed by atoms with Crippen molar-refractivity contribution in [2.75, 3.05) is 6.54 Å². The van der Waals surface area contributed by atoms with Gasteiger partial charge in [0.05, 0.1) is 5.25 Å². The van der Waals surface area contributed by atoms with Crippen LogP contribution in [0.5, 0.6) is 0 Å². The predicted octanol–water partition coefficient (Wildman–Crippen LogP) is 2.70. The molecule has 0 aromatic rings. The summed E-state index contributed by atoms with van der Waals surface area (Å²) < 4.78 is 12.5. The smallest absolute Gasteiger partial charge is 0.0504 e. The summed E-state index contributed by atoms with van der Waals surface area (Å²) in [6.07, 6.45) is 4.89. The van der Waals surface area contributed by atoms with Crippen molar-refractivity contribution in [3.05, 3.63) is 0 Å². The monoisotopic (exact) mass is 245 g/mol. The van der Waals surface area contributed by atoms with Gasteiger partial charge in [-0.15, -0.1) is 0 Å². The van der Waals surface area contributed by atoms with Crippen molar-refractivity contribution in [1.82, 2.24) is 5.32 Å². The average Bonchev–Trinajstić information content (AvgIpc) is 2.28. The van der Waals surface area contributed by atoms with E-state index in [1.54, 1.807) is 0 Å². The Labute approximate surface area is 103 Å². The van der Waals surface area contributed by atoms with E-state index in [1.165, 1.54) is 19.3 Å². The van der Waals surface area contributed by atoms with Gasteiger partial charge in [-0.3, -0.25) is 4.21 Å². The Kier molecular flexibility index (Phi) is 5.98. The molecule has 1 fully saturated rings. The van der Waals surface area contributed by atoms with Gasteiger partial charge in [-0.25, -0.2) is 0 Å². The van der Waals surface area contributed by atoms with Crippen molar-refractivity contribution in [3.8, 4) is 0 Å². The topological polar surface area (TPSA) is 29.1 Å². The minimum atomic E-state index is -0.675. The molecule has 4 atom stereocenters. The van der Waals surface area contributed by atoms with Crippen LogP contribution < -0.4 is 5.32 Å². The summed E-state index contributed by atoms with van der Waals surface area (Å²) in [5.74, 6) is 0.519. The summed E-state index contributed by atoms with van der Waals surface area (Å²) in [5, 5.41) is 4.22. The highest BCUT2D eigenvalue weighted by Gasteiger charge is 2.32. The third-order valence-electron chi connectivity index (χ3n) is 3.77. The largest absolute Gasteiger partial charge is 0.313 e. The summed E-state index contributed by atoms with van der Waals surface area (Å²) in [7, 11) is -0.675. The second-order valence-electron chi connectivity index (χ2n) is 5.26. The van der Waals surface area contributed by atoms with Gasteiger partial charge in [0, 0.05) is 22.1 Å². The van der Waals surface area contributed by atoms with Crippen molar-refractivity contribution in [1.29, 1.82) is 0 Å². The van der Waals surface area contributed by atoms with E-state index in [-0.39, 0.29) is 0 Å². The van der Waals surface area contributed by atoms with Gasteiger partial charge in [0.2, 0.25) is 0 Å². The minimum Gasteiger partial charge on any atom is -0.313 e. The lowest BCUT2D eigenvalue weighted by Gasteiger charge is -2.34. The van der Waals surface area contributed by atoms with Crippen LogP contribution in [0.2, 0.25) is 0 Å². The van der Waals surface area contributed by atoms with Gasteiger partial charge in [-0.1, -0.05) is 40.5 Å². The Bertz CT molecular complexity index is 228. The van der Waals surface area contributed by atoms with Gasteiger partial charge in [0.15, 0.2) is 0 Å². The van der Waals surface area contributed by atoms with Crippen LogP contribution in [0.4, 0.5) is 0 Å². The molecule has 0 bridgehead atoms. The van der Waals surface area contributed by atoms with Crippen LogP contribution in [-0.4, -0.2) is 27.3 Å². The van der Waals surface area contributed by atoms with Gasteiger partial charge >= 0.3 is 0 Å². The molecule has 0 radical (unpaired) electrons. The number of hydrogen-bond donors (Lipinski definition) is 1. The van der Waals surface area contributed by atoms with Crippen molar-refractivity contribution >= 4 is 10.8 Å². The Morgan fingerprint density at radius 1 is 1.25 bits per heavy atom. The quantitative estimate of drug-likeness (QED) is 0.807. The normalized spacial score (nSPS) is 30.3. The first-order valence-corrected chi connectivity index (χ1v) is 7.98. The lowest BCUT2D eigenvalue weighted by atomic mass is 9.95. The molecule has 1 rings (SSSR count). The van der Waals surface area contributed by atoms with E-state index in [0.717, 1.165) is 13.0 Å². The first-order valence-electron chi connectivity index (χ1n) is 6.70. The van der Waals surface area contributed by atoms with Crippen LogP contribution in [0.3, 0.4) is 0 Å². The molecule has 0 spiro atoms. The standard InChI is InChI=1S/C13H27NOS/c1-5-14-12-8-6-7-9-13(12)16(15)11(4)10(2)3/h10-14H,5-9H2,1-4H3. The Morgan fingerprint density at radius 2 is 1.88 bits per heavy atom. The summed E-state index contributed by atoms with van der Waals surface area (Å²) >= 11 is 0. The Balaban J connectivity index is 2.63. The molecule has 1 saturated carbocycles. The van der Waals surface area contributed by atoms with Crippen molar-refractivity contribution < 1.29 is 4.21 Å². The average molecular weight is 245 g/mol. The molecule has 0 amide bonds. The first kappa shape index (κ1) is 14.2. The molecular formula is C13H27NOS. The third-order valence-corrected chi connectivity index (χ3v) is 6.21. The van der Waals surface area contributed by atoms with Crippen LogP contribution >= 0.6 is 0 Å². The molecule has 1 N–H and O–H groups in total. The lowest BCUT2D eigenvalue weighted by molar-refractivity contribution is 0.382.